The lowest BCUT2D eigenvalue weighted by Gasteiger charge is -2.33. The molecular formula is C21H23N5O2. The Labute approximate surface area is 163 Å². The minimum Gasteiger partial charge on any atom is -0.333 e. The van der Waals surface area contributed by atoms with E-state index in [9.17, 15) is 9.59 Å². The molecule has 1 saturated heterocycles. The summed E-state index contributed by atoms with van der Waals surface area (Å²) in [4.78, 5) is 34.5. The van der Waals surface area contributed by atoms with Crippen LogP contribution in [0.3, 0.4) is 0 Å². The Kier molecular flexibility index (Phi) is 5.08. The third-order valence-corrected chi connectivity index (χ3v) is 5.09. The van der Waals surface area contributed by atoms with E-state index in [1.807, 2.05) is 47.4 Å². The number of benzene rings is 1. The van der Waals surface area contributed by atoms with E-state index in [4.69, 9.17) is 0 Å². The maximum Gasteiger partial charge on any atom is 0.290 e. The average molecular weight is 377 g/mol. The Morgan fingerprint density at radius 3 is 2.43 bits per heavy atom. The van der Waals surface area contributed by atoms with Crippen LogP contribution in [-0.4, -0.2) is 63.7 Å². The van der Waals surface area contributed by atoms with Crippen molar-refractivity contribution in [2.75, 3.05) is 38.0 Å². The highest BCUT2D eigenvalue weighted by Gasteiger charge is 2.27. The first-order chi connectivity index (χ1) is 13.7. The molecule has 2 amide bonds. The van der Waals surface area contributed by atoms with E-state index < -0.39 is 0 Å². The molecule has 0 spiro atoms. The van der Waals surface area contributed by atoms with Gasteiger partial charge in [-0.15, -0.1) is 0 Å². The number of nitrogens with one attached hydrogen (secondary N) is 1. The number of aromatic nitrogens is 2. The second-order valence-electron chi connectivity index (χ2n) is 6.79. The van der Waals surface area contributed by atoms with Crippen molar-refractivity contribution in [2.45, 2.75) is 6.92 Å². The second kappa shape index (κ2) is 7.82. The molecule has 28 heavy (non-hydrogen) atoms. The molecule has 0 atom stereocenters. The molecule has 7 heteroatoms. The number of rotatable bonds is 4. The molecule has 4 rings (SSSR count). The largest absolute Gasteiger partial charge is 0.333 e. The van der Waals surface area contributed by atoms with Gasteiger partial charge in [-0.1, -0.05) is 31.2 Å². The van der Waals surface area contributed by atoms with Gasteiger partial charge in [0.15, 0.2) is 5.69 Å². The van der Waals surface area contributed by atoms with E-state index in [0.717, 1.165) is 19.6 Å². The molecule has 0 aliphatic carbocycles. The minimum atomic E-state index is -0.329. The monoisotopic (exact) mass is 377 g/mol. The summed E-state index contributed by atoms with van der Waals surface area (Å²) < 4.78 is 1.70. The summed E-state index contributed by atoms with van der Waals surface area (Å²) >= 11 is 0. The number of fused-ring (bicyclic) bond motifs is 1. The number of nitrogens with zero attached hydrogens (tertiary/aromatic N) is 4. The highest BCUT2D eigenvalue weighted by atomic mass is 16.2. The lowest BCUT2D eigenvalue weighted by molar-refractivity contribution is 0.0630. The molecule has 0 saturated carbocycles. The van der Waals surface area contributed by atoms with Crippen LogP contribution < -0.4 is 5.32 Å². The summed E-state index contributed by atoms with van der Waals surface area (Å²) in [6.07, 6.45) is 1.77. The van der Waals surface area contributed by atoms with Crippen LogP contribution in [0.25, 0.3) is 5.52 Å². The topological polar surface area (TPSA) is 69.9 Å². The van der Waals surface area contributed by atoms with Crippen molar-refractivity contribution in [2.24, 2.45) is 0 Å². The molecule has 1 aromatic carbocycles. The number of carbonyl (C=O) groups is 2. The fourth-order valence-corrected chi connectivity index (χ4v) is 3.48. The van der Waals surface area contributed by atoms with Gasteiger partial charge in [0.25, 0.3) is 11.8 Å². The molecule has 1 fully saturated rings. The molecule has 144 valence electrons. The number of carbonyl (C=O) groups excluding carboxylic acids is 2. The number of para-hydroxylation sites is 1. The summed E-state index contributed by atoms with van der Waals surface area (Å²) in [5.74, 6) is -0.195. The zero-order valence-corrected chi connectivity index (χ0v) is 15.8. The van der Waals surface area contributed by atoms with Crippen LogP contribution in [0.5, 0.6) is 0 Å². The number of hydrogen-bond acceptors (Lipinski definition) is 4. The molecule has 3 heterocycles. The molecule has 0 radical (unpaired) electrons. The first-order valence-electron chi connectivity index (χ1n) is 9.52. The van der Waals surface area contributed by atoms with E-state index in [0.29, 0.717) is 24.3 Å². The van der Waals surface area contributed by atoms with E-state index >= 15 is 0 Å². The van der Waals surface area contributed by atoms with Gasteiger partial charge in [-0.3, -0.25) is 14.0 Å². The quantitative estimate of drug-likeness (QED) is 0.758. The predicted molar refractivity (Wildman–Crippen MR) is 108 cm³/mol. The fraction of sp³-hybridized carbons (Fsp3) is 0.286. The molecule has 1 N–H and O–H groups in total. The number of pyridine rings is 1. The molecule has 7 nitrogen and oxygen atoms in total. The van der Waals surface area contributed by atoms with Crippen molar-refractivity contribution in [1.29, 1.82) is 0 Å². The summed E-state index contributed by atoms with van der Waals surface area (Å²) in [6, 6.07) is 14.7. The smallest absolute Gasteiger partial charge is 0.290 e. The molecule has 0 unspecified atom stereocenters. The number of amides is 2. The van der Waals surface area contributed by atoms with Crippen LogP contribution in [0, 0.1) is 0 Å². The summed E-state index contributed by atoms with van der Waals surface area (Å²) in [5.41, 5.74) is 1.56. The Balaban J connectivity index is 1.63. The fourth-order valence-electron chi connectivity index (χ4n) is 3.48. The van der Waals surface area contributed by atoms with Gasteiger partial charge >= 0.3 is 0 Å². The SMILES string of the molecule is CCN1CCN(C(=O)c2nc(C(=O)Nc3ccccc3)c3ccccn23)CC1. The molecule has 0 bridgehead atoms. The Hall–Kier alpha value is -3.19. The zero-order valence-electron chi connectivity index (χ0n) is 15.8. The Morgan fingerprint density at radius 1 is 1.00 bits per heavy atom. The highest BCUT2D eigenvalue weighted by Crippen LogP contribution is 2.17. The predicted octanol–water partition coefficient (Wildman–Crippen LogP) is 2.36. The van der Waals surface area contributed by atoms with Gasteiger partial charge < -0.3 is 15.1 Å². The molecule has 1 aliphatic rings. The minimum absolute atomic E-state index is 0.143. The summed E-state index contributed by atoms with van der Waals surface area (Å²) in [5, 5.41) is 2.85. The van der Waals surface area contributed by atoms with Gasteiger partial charge in [-0.25, -0.2) is 4.98 Å². The summed E-state index contributed by atoms with van der Waals surface area (Å²) in [7, 11) is 0. The zero-order chi connectivity index (χ0) is 19.5. The van der Waals surface area contributed by atoms with Crippen LogP contribution in [0.2, 0.25) is 0 Å². The number of imidazole rings is 1. The van der Waals surface area contributed by atoms with Gasteiger partial charge in [0.1, 0.15) is 0 Å². The third-order valence-electron chi connectivity index (χ3n) is 5.09. The number of likely N-dealkylation sites (N-methyl/N-ethyl adjacent to an activating group) is 1. The average Bonchev–Trinajstić information content (AvgIpc) is 3.14. The van der Waals surface area contributed by atoms with Crippen LogP contribution >= 0.6 is 0 Å². The molecular weight excluding hydrogens is 354 g/mol. The van der Waals surface area contributed by atoms with Gasteiger partial charge in [0, 0.05) is 38.1 Å². The van der Waals surface area contributed by atoms with E-state index in [-0.39, 0.29) is 23.3 Å². The van der Waals surface area contributed by atoms with Crippen molar-refractivity contribution in [3.63, 3.8) is 0 Å². The van der Waals surface area contributed by atoms with Crippen LogP contribution in [0.4, 0.5) is 5.69 Å². The van der Waals surface area contributed by atoms with Gasteiger partial charge in [-0.2, -0.15) is 0 Å². The lowest BCUT2D eigenvalue weighted by Crippen LogP contribution is -2.48. The maximum absolute atomic E-state index is 13.1. The number of piperazine rings is 1. The summed E-state index contributed by atoms with van der Waals surface area (Å²) in [6.45, 7) is 6.15. The first-order valence-corrected chi connectivity index (χ1v) is 9.52. The third kappa shape index (κ3) is 3.48. The first kappa shape index (κ1) is 18.2. The normalized spacial score (nSPS) is 15.0. The Morgan fingerprint density at radius 2 is 1.71 bits per heavy atom. The van der Waals surface area contributed by atoms with Crippen molar-refractivity contribution < 1.29 is 9.59 Å². The van der Waals surface area contributed by atoms with Crippen LogP contribution in [0.1, 0.15) is 28.0 Å². The molecule has 3 aromatic rings. The van der Waals surface area contributed by atoms with Crippen molar-refractivity contribution >= 4 is 23.0 Å². The maximum atomic E-state index is 13.1. The lowest BCUT2D eigenvalue weighted by atomic mass is 10.3. The van der Waals surface area contributed by atoms with Crippen molar-refractivity contribution in [3.8, 4) is 0 Å². The van der Waals surface area contributed by atoms with E-state index in [1.165, 1.54) is 0 Å². The van der Waals surface area contributed by atoms with Crippen molar-refractivity contribution in [1.82, 2.24) is 19.2 Å². The van der Waals surface area contributed by atoms with E-state index in [1.54, 1.807) is 16.7 Å². The Bertz CT molecular complexity index is 990. The standard InChI is InChI=1S/C21H23N5O2/c1-2-24-12-14-25(15-13-24)21(28)19-23-18(17-10-6-7-11-26(17)19)20(27)22-16-8-4-3-5-9-16/h3-11H,2,12-15H2,1H3,(H,22,27). The molecule has 1 aliphatic heterocycles. The van der Waals surface area contributed by atoms with E-state index in [2.05, 4.69) is 22.1 Å². The van der Waals surface area contributed by atoms with Gasteiger partial charge in [-0.05, 0) is 30.8 Å². The van der Waals surface area contributed by atoms with Gasteiger partial charge in [0.05, 0.1) is 5.52 Å². The number of hydrogen-bond donors (Lipinski definition) is 1. The number of anilines is 1. The van der Waals surface area contributed by atoms with Gasteiger partial charge in [0.2, 0.25) is 5.82 Å². The second-order valence-corrected chi connectivity index (χ2v) is 6.79. The van der Waals surface area contributed by atoms with Crippen LogP contribution in [0.15, 0.2) is 54.7 Å². The van der Waals surface area contributed by atoms with Crippen molar-refractivity contribution in [3.05, 3.63) is 66.2 Å². The van der Waals surface area contributed by atoms with Crippen LogP contribution in [-0.2, 0) is 0 Å². The molecule has 2 aromatic heterocycles. The highest BCUT2D eigenvalue weighted by molar-refractivity contribution is 6.08.